The molecule has 4 nitrogen and oxygen atoms in total. The van der Waals surface area contributed by atoms with Crippen LogP contribution in [0.4, 0.5) is 28.4 Å². The summed E-state index contributed by atoms with van der Waals surface area (Å²) in [5.41, 5.74) is 13.7. The van der Waals surface area contributed by atoms with Gasteiger partial charge in [0.2, 0.25) is 0 Å². The Balaban J connectivity index is 1.19. The van der Waals surface area contributed by atoms with Crippen molar-refractivity contribution in [1.82, 2.24) is 9.13 Å². The summed E-state index contributed by atoms with van der Waals surface area (Å²) in [5, 5.41) is 4.90. The Morgan fingerprint density at radius 1 is 0.328 bits per heavy atom. The summed E-state index contributed by atoms with van der Waals surface area (Å²) in [7, 11) is 0. The van der Waals surface area contributed by atoms with Crippen molar-refractivity contribution in [2.45, 2.75) is 12.8 Å². The molecule has 0 saturated carbocycles. The standard InChI is InChI=1S/C54H40N4/c1-7-19-39(20-8-1)55(40-21-9-2-10-22-40)45-31-33-47-49-37-50-48-34-32-46(56(41-23-11-3-12-24-41)42-25-13-4-14-26-42)36-52(48)58(44-29-17-6-18-30-44)54(50)38-53(49)57(51(47)35-45)43-27-15-5-16-28-43/h1-3,5-13,15-38H,4,14H2. The first-order chi connectivity index (χ1) is 28.8. The van der Waals surface area contributed by atoms with Crippen molar-refractivity contribution in [3.8, 4) is 11.4 Å². The van der Waals surface area contributed by atoms with Gasteiger partial charge in [-0.3, -0.25) is 0 Å². The zero-order chi connectivity index (χ0) is 38.4. The van der Waals surface area contributed by atoms with E-state index in [4.69, 9.17) is 0 Å². The molecule has 1 aliphatic rings. The van der Waals surface area contributed by atoms with E-state index in [-0.39, 0.29) is 0 Å². The SMILES string of the molecule is C1=CC(N(c2ccccc2)c2ccc3c4cc5c6ccc(N(c7ccccc7)c7ccccc7)cc6n(-c6ccccc6)c5cc4n(-c4ccccc4)c3c2)=CCC1. The maximum absolute atomic E-state index is 2.45. The van der Waals surface area contributed by atoms with Crippen LogP contribution in [0.2, 0.25) is 0 Å². The average Bonchev–Trinajstić information content (AvgIpc) is 3.79. The van der Waals surface area contributed by atoms with Crippen molar-refractivity contribution < 1.29 is 0 Å². The Bertz CT molecular complexity index is 3100. The van der Waals surface area contributed by atoms with E-state index < -0.39 is 0 Å². The second-order valence-electron chi connectivity index (χ2n) is 14.9. The quantitative estimate of drug-likeness (QED) is 0.154. The van der Waals surface area contributed by atoms with Crippen molar-refractivity contribution in [2.24, 2.45) is 0 Å². The van der Waals surface area contributed by atoms with Gasteiger partial charge in [-0.05, 0) is 116 Å². The van der Waals surface area contributed by atoms with Gasteiger partial charge in [0.1, 0.15) is 0 Å². The summed E-state index contributed by atoms with van der Waals surface area (Å²) >= 11 is 0. The molecule has 0 amide bonds. The van der Waals surface area contributed by atoms with E-state index in [1.54, 1.807) is 0 Å². The van der Waals surface area contributed by atoms with Gasteiger partial charge in [-0.25, -0.2) is 0 Å². The smallest absolute Gasteiger partial charge is 0.0562 e. The molecule has 0 unspecified atom stereocenters. The molecule has 10 aromatic rings. The number of hydrogen-bond donors (Lipinski definition) is 0. The molecule has 0 saturated heterocycles. The van der Waals surface area contributed by atoms with Crippen LogP contribution in [0.15, 0.2) is 224 Å². The van der Waals surface area contributed by atoms with Crippen LogP contribution in [0, 0.1) is 0 Å². The topological polar surface area (TPSA) is 16.3 Å². The van der Waals surface area contributed by atoms with Gasteiger partial charge < -0.3 is 18.9 Å². The van der Waals surface area contributed by atoms with Crippen LogP contribution in [0.5, 0.6) is 0 Å². The fourth-order valence-electron chi connectivity index (χ4n) is 8.88. The number of allylic oxidation sites excluding steroid dienone is 3. The molecule has 0 radical (unpaired) electrons. The van der Waals surface area contributed by atoms with Crippen LogP contribution in [0.1, 0.15) is 12.8 Å². The van der Waals surface area contributed by atoms with Crippen molar-refractivity contribution in [3.05, 3.63) is 224 Å². The molecule has 2 heterocycles. The first-order valence-electron chi connectivity index (χ1n) is 20.1. The Morgan fingerprint density at radius 2 is 0.741 bits per heavy atom. The first kappa shape index (κ1) is 33.8. The summed E-state index contributed by atoms with van der Waals surface area (Å²) in [4.78, 5) is 4.73. The molecule has 58 heavy (non-hydrogen) atoms. The van der Waals surface area contributed by atoms with Gasteiger partial charge in [0.05, 0.1) is 22.1 Å². The summed E-state index contributed by atoms with van der Waals surface area (Å²) in [6.07, 6.45) is 9.00. The van der Waals surface area contributed by atoms with Crippen LogP contribution in [-0.4, -0.2) is 9.13 Å². The highest BCUT2D eigenvalue weighted by Crippen LogP contribution is 2.44. The predicted molar refractivity (Wildman–Crippen MR) is 245 cm³/mol. The molecule has 2 aromatic heterocycles. The first-order valence-corrected chi connectivity index (χ1v) is 20.1. The molecule has 0 bridgehead atoms. The highest BCUT2D eigenvalue weighted by Gasteiger charge is 2.22. The third-order valence-corrected chi connectivity index (χ3v) is 11.4. The van der Waals surface area contributed by atoms with E-state index in [0.717, 1.165) is 58.2 Å². The molecule has 1 aliphatic carbocycles. The van der Waals surface area contributed by atoms with E-state index in [1.165, 1.54) is 43.8 Å². The third kappa shape index (κ3) is 5.69. The van der Waals surface area contributed by atoms with Crippen LogP contribution in [0.25, 0.3) is 55.0 Å². The Labute approximate surface area is 338 Å². The summed E-state index contributed by atoms with van der Waals surface area (Å²) in [6, 6.07) is 72.4. The molecule has 11 rings (SSSR count). The minimum Gasteiger partial charge on any atom is -0.311 e. The number of rotatable bonds is 8. The average molecular weight is 745 g/mol. The maximum Gasteiger partial charge on any atom is 0.0562 e. The minimum absolute atomic E-state index is 1.03. The number of para-hydroxylation sites is 5. The van der Waals surface area contributed by atoms with Crippen molar-refractivity contribution in [1.29, 1.82) is 0 Å². The lowest BCUT2D eigenvalue weighted by atomic mass is 10.1. The van der Waals surface area contributed by atoms with E-state index in [9.17, 15) is 0 Å². The van der Waals surface area contributed by atoms with E-state index >= 15 is 0 Å². The molecule has 276 valence electrons. The van der Waals surface area contributed by atoms with E-state index in [2.05, 4.69) is 237 Å². The van der Waals surface area contributed by atoms with Crippen LogP contribution >= 0.6 is 0 Å². The Morgan fingerprint density at radius 3 is 1.19 bits per heavy atom. The van der Waals surface area contributed by atoms with Crippen LogP contribution in [0.3, 0.4) is 0 Å². The maximum atomic E-state index is 2.45. The summed E-state index contributed by atoms with van der Waals surface area (Å²) in [5.74, 6) is 0. The Hall–Kier alpha value is -7.56. The predicted octanol–water partition coefficient (Wildman–Crippen LogP) is 14.7. The molecule has 0 aliphatic heterocycles. The molecule has 0 fully saturated rings. The summed E-state index contributed by atoms with van der Waals surface area (Å²) in [6.45, 7) is 0. The highest BCUT2D eigenvalue weighted by atomic mass is 15.2. The van der Waals surface area contributed by atoms with Crippen molar-refractivity contribution in [3.63, 3.8) is 0 Å². The number of hydrogen-bond acceptors (Lipinski definition) is 2. The minimum atomic E-state index is 1.03. The van der Waals surface area contributed by atoms with E-state index in [1.807, 2.05) is 0 Å². The summed E-state index contributed by atoms with van der Waals surface area (Å²) < 4.78 is 4.89. The van der Waals surface area contributed by atoms with Gasteiger partial charge >= 0.3 is 0 Å². The lowest BCUT2D eigenvalue weighted by molar-refractivity contribution is 0.997. The molecule has 0 spiro atoms. The number of fused-ring (bicyclic) bond motifs is 6. The number of nitrogens with zero attached hydrogens (tertiary/aromatic N) is 4. The largest absolute Gasteiger partial charge is 0.311 e. The van der Waals surface area contributed by atoms with Gasteiger partial charge in [0.15, 0.2) is 0 Å². The second kappa shape index (κ2) is 14.2. The molecular weight excluding hydrogens is 705 g/mol. The highest BCUT2D eigenvalue weighted by molar-refractivity contribution is 6.20. The normalized spacial score (nSPS) is 12.7. The van der Waals surface area contributed by atoms with Crippen LogP contribution < -0.4 is 9.80 Å². The monoisotopic (exact) mass is 744 g/mol. The van der Waals surface area contributed by atoms with Gasteiger partial charge in [0, 0.05) is 67.1 Å². The van der Waals surface area contributed by atoms with E-state index in [0.29, 0.717) is 0 Å². The zero-order valence-corrected chi connectivity index (χ0v) is 32.0. The van der Waals surface area contributed by atoms with Gasteiger partial charge in [0.25, 0.3) is 0 Å². The number of aromatic nitrogens is 2. The lowest BCUT2D eigenvalue weighted by Crippen LogP contribution is -2.16. The molecule has 0 N–H and O–H groups in total. The molecule has 4 heteroatoms. The van der Waals surface area contributed by atoms with Crippen molar-refractivity contribution in [2.75, 3.05) is 9.80 Å². The van der Waals surface area contributed by atoms with Gasteiger partial charge in [-0.2, -0.15) is 0 Å². The second-order valence-corrected chi connectivity index (χ2v) is 14.9. The van der Waals surface area contributed by atoms with Gasteiger partial charge in [-0.1, -0.05) is 115 Å². The third-order valence-electron chi connectivity index (χ3n) is 11.4. The molecule has 8 aromatic carbocycles. The fourth-order valence-corrected chi connectivity index (χ4v) is 8.88. The lowest BCUT2D eigenvalue weighted by Gasteiger charge is -2.27. The van der Waals surface area contributed by atoms with Crippen molar-refractivity contribution >= 4 is 72.0 Å². The Kier molecular flexibility index (Phi) is 8.25. The van der Waals surface area contributed by atoms with Crippen LogP contribution in [-0.2, 0) is 0 Å². The molecular formula is C54H40N4. The van der Waals surface area contributed by atoms with Gasteiger partial charge in [-0.15, -0.1) is 0 Å². The number of benzene rings is 8. The number of anilines is 5. The fraction of sp³-hybridized carbons (Fsp3) is 0.0370. The molecule has 0 atom stereocenters. The zero-order valence-electron chi connectivity index (χ0n) is 32.0.